The molecule has 1 atom stereocenters. The van der Waals surface area contributed by atoms with Crippen LogP contribution in [0.15, 0.2) is 18.5 Å². The Bertz CT molecular complexity index is 709. The van der Waals surface area contributed by atoms with Crippen molar-refractivity contribution in [3.05, 3.63) is 29.7 Å². The van der Waals surface area contributed by atoms with Crippen LogP contribution >= 0.6 is 0 Å². The van der Waals surface area contributed by atoms with Gasteiger partial charge in [-0.25, -0.2) is 14.3 Å². The molecule has 1 amide bonds. The monoisotopic (exact) mass is 288 g/mol. The van der Waals surface area contributed by atoms with E-state index in [-0.39, 0.29) is 5.91 Å². The topological polar surface area (TPSA) is 87.8 Å². The number of carboxylic acid groups (broad SMARTS) is 1. The predicted molar refractivity (Wildman–Crippen MR) is 74.0 cm³/mol. The first-order valence-corrected chi connectivity index (χ1v) is 6.92. The van der Waals surface area contributed by atoms with Crippen LogP contribution < -0.4 is 0 Å². The summed E-state index contributed by atoms with van der Waals surface area (Å²) >= 11 is 0. The van der Waals surface area contributed by atoms with Crippen molar-refractivity contribution in [2.24, 2.45) is 0 Å². The quantitative estimate of drug-likeness (QED) is 0.894. The minimum absolute atomic E-state index is 0.310. The number of likely N-dealkylation sites (tertiary alicyclic amines) is 1. The van der Waals surface area contributed by atoms with Gasteiger partial charge in [0.2, 0.25) is 0 Å². The maximum atomic E-state index is 12.7. The van der Waals surface area contributed by atoms with Gasteiger partial charge >= 0.3 is 5.97 Å². The van der Waals surface area contributed by atoms with Crippen LogP contribution in [0.2, 0.25) is 0 Å². The van der Waals surface area contributed by atoms with Crippen molar-refractivity contribution in [3.63, 3.8) is 0 Å². The van der Waals surface area contributed by atoms with Gasteiger partial charge in [-0.05, 0) is 32.3 Å². The molecule has 7 nitrogen and oxygen atoms in total. The van der Waals surface area contributed by atoms with Crippen LogP contribution in [-0.2, 0) is 4.79 Å². The number of amides is 1. The maximum Gasteiger partial charge on any atom is 0.326 e. The molecule has 0 radical (unpaired) electrons. The van der Waals surface area contributed by atoms with Crippen LogP contribution in [0.3, 0.4) is 0 Å². The van der Waals surface area contributed by atoms with E-state index >= 15 is 0 Å². The molecule has 1 N–H and O–H groups in total. The highest BCUT2D eigenvalue weighted by Gasteiger charge is 2.33. The van der Waals surface area contributed by atoms with Crippen LogP contribution in [0.4, 0.5) is 0 Å². The van der Waals surface area contributed by atoms with Gasteiger partial charge < -0.3 is 10.0 Å². The molecular formula is C14H16N4O3. The molecule has 0 bridgehead atoms. The predicted octanol–water partition coefficient (Wildman–Crippen LogP) is 1.12. The Balaban J connectivity index is 1.99. The number of rotatable bonds is 2. The molecular weight excluding hydrogens is 272 g/mol. The Morgan fingerprint density at radius 3 is 2.95 bits per heavy atom. The van der Waals surface area contributed by atoms with Gasteiger partial charge in [-0.15, -0.1) is 0 Å². The summed E-state index contributed by atoms with van der Waals surface area (Å²) in [5, 5.41) is 13.4. The number of hydrogen-bond acceptors (Lipinski definition) is 4. The van der Waals surface area contributed by atoms with Crippen molar-refractivity contribution in [1.82, 2.24) is 19.5 Å². The number of fused-ring (bicyclic) bond motifs is 1. The number of aromatic nitrogens is 3. The van der Waals surface area contributed by atoms with Gasteiger partial charge in [0.25, 0.3) is 5.91 Å². The smallest absolute Gasteiger partial charge is 0.326 e. The Morgan fingerprint density at radius 1 is 1.38 bits per heavy atom. The van der Waals surface area contributed by atoms with E-state index in [1.807, 2.05) is 6.92 Å². The number of hydrogen-bond donors (Lipinski definition) is 1. The first-order valence-electron chi connectivity index (χ1n) is 6.92. The van der Waals surface area contributed by atoms with E-state index in [4.69, 9.17) is 0 Å². The third-order valence-corrected chi connectivity index (χ3v) is 3.79. The Hall–Kier alpha value is -2.44. The van der Waals surface area contributed by atoms with Gasteiger partial charge in [-0.3, -0.25) is 4.79 Å². The highest BCUT2D eigenvalue weighted by molar-refractivity contribution is 6.01. The van der Waals surface area contributed by atoms with Crippen molar-refractivity contribution >= 4 is 17.5 Å². The molecule has 1 unspecified atom stereocenters. The summed E-state index contributed by atoms with van der Waals surface area (Å²) < 4.78 is 1.53. The molecule has 2 aromatic heterocycles. The fourth-order valence-electron chi connectivity index (χ4n) is 2.70. The third kappa shape index (κ3) is 2.35. The van der Waals surface area contributed by atoms with Crippen LogP contribution in [0, 0.1) is 6.92 Å². The van der Waals surface area contributed by atoms with Gasteiger partial charge in [0.05, 0.1) is 6.20 Å². The number of aryl methyl sites for hydroxylation is 1. The lowest BCUT2D eigenvalue weighted by atomic mass is 10.0. The second-order valence-corrected chi connectivity index (χ2v) is 5.24. The fourth-order valence-corrected chi connectivity index (χ4v) is 2.70. The van der Waals surface area contributed by atoms with Crippen molar-refractivity contribution in [3.8, 4) is 0 Å². The summed E-state index contributed by atoms with van der Waals surface area (Å²) in [6.07, 6.45) is 5.33. The second kappa shape index (κ2) is 5.16. The highest BCUT2D eigenvalue weighted by atomic mass is 16.4. The highest BCUT2D eigenvalue weighted by Crippen LogP contribution is 2.21. The molecule has 2 aromatic rings. The number of carbonyl (C=O) groups excluding carboxylic acids is 1. The van der Waals surface area contributed by atoms with E-state index < -0.39 is 12.0 Å². The Labute approximate surface area is 121 Å². The van der Waals surface area contributed by atoms with E-state index in [1.165, 1.54) is 15.6 Å². The molecule has 3 rings (SSSR count). The lowest BCUT2D eigenvalue weighted by Crippen LogP contribution is -2.48. The zero-order valence-electron chi connectivity index (χ0n) is 11.7. The van der Waals surface area contributed by atoms with Crippen molar-refractivity contribution in [2.45, 2.75) is 32.2 Å². The van der Waals surface area contributed by atoms with Crippen LogP contribution in [0.25, 0.3) is 5.65 Å². The minimum Gasteiger partial charge on any atom is -0.480 e. The molecule has 1 aliphatic rings. The SMILES string of the molecule is Cc1ccn2ncc(C(=O)N3CCCCC3C(=O)O)c2n1. The summed E-state index contributed by atoms with van der Waals surface area (Å²) in [6.45, 7) is 2.29. The van der Waals surface area contributed by atoms with Gasteiger partial charge in [-0.2, -0.15) is 5.10 Å². The first-order chi connectivity index (χ1) is 10.1. The van der Waals surface area contributed by atoms with E-state index in [2.05, 4.69) is 10.1 Å². The van der Waals surface area contributed by atoms with Crippen LogP contribution in [-0.4, -0.2) is 49.1 Å². The number of nitrogens with zero attached hydrogens (tertiary/aromatic N) is 4. The van der Waals surface area contributed by atoms with Gasteiger partial charge in [0.15, 0.2) is 5.65 Å². The normalized spacial score (nSPS) is 18.9. The molecule has 21 heavy (non-hydrogen) atoms. The zero-order chi connectivity index (χ0) is 15.0. The molecule has 1 saturated heterocycles. The summed E-state index contributed by atoms with van der Waals surface area (Å²) in [5.74, 6) is -1.26. The number of carboxylic acids is 1. The van der Waals surface area contributed by atoms with Crippen molar-refractivity contribution < 1.29 is 14.7 Å². The van der Waals surface area contributed by atoms with Gasteiger partial charge in [0.1, 0.15) is 11.6 Å². The molecule has 0 aliphatic carbocycles. The largest absolute Gasteiger partial charge is 0.480 e. The van der Waals surface area contributed by atoms with E-state index in [9.17, 15) is 14.7 Å². The lowest BCUT2D eigenvalue weighted by Gasteiger charge is -2.32. The molecule has 7 heteroatoms. The Kier molecular flexibility index (Phi) is 3.32. The summed E-state index contributed by atoms with van der Waals surface area (Å²) in [7, 11) is 0. The number of aliphatic carboxylic acids is 1. The minimum atomic E-state index is -0.955. The van der Waals surface area contributed by atoms with Crippen molar-refractivity contribution in [1.29, 1.82) is 0 Å². The Morgan fingerprint density at radius 2 is 2.19 bits per heavy atom. The second-order valence-electron chi connectivity index (χ2n) is 5.24. The molecule has 1 aliphatic heterocycles. The molecule has 0 saturated carbocycles. The number of carbonyl (C=O) groups is 2. The molecule has 3 heterocycles. The number of piperidine rings is 1. The summed E-state index contributed by atoms with van der Waals surface area (Å²) in [5.41, 5.74) is 1.60. The first kappa shape index (κ1) is 13.5. The average molecular weight is 288 g/mol. The average Bonchev–Trinajstić information content (AvgIpc) is 2.89. The lowest BCUT2D eigenvalue weighted by molar-refractivity contribution is -0.143. The standard InChI is InChI=1S/C14H16N4O3/c1-9-5-7-18-12(16-9)10(8-15-18)13(19)17-6-3-2-4-11(17)14(20)21/h5,7-8,11H,2-4,6H2,1H3,(H,20,21). The zero-order valence-corrected chi connectivity index (χ0v) is 11.7. The van der Waals surface area contributed by atoms with Crippen LogP contribution in [0.1, 0.15) is 35.3 Å². The van der Waals surface area contributed by atoms with E-state index in [1.54, 1.807) is 12.3 Å². The fraction of sp³-hybridized carbons (Fsp3) is 0.429. The molecule has 0 spiro atoms. The van der Waals surface area contributed by atoms with Gasteiger partial charge in [-0.1, -0.05) is 0 Å². The molecule has 110 valence electrons. The summed E-state index contributed by atoms with van der Waals surface area (Å²) in [6, 6.07) is 1.04. The molecule has 0 aromatic carbocycles. The molecule has 1 fully saturated rings. The van der Waals surface area contributed by atoms with Crippen LogP contribution in [0.5, 0.6) is 0 Å². The third-order valence-electron chi connectivity index (χ3n) is 3.79. The van der Waals surface area contributed by atoms with Crippen molar-refractivity contribution in [2.75, 3.05) is 6.54 Å². The van der Waals surface area contributed by atoms with Gasteiger partial charge in [0, 0.05) is 18.4 Å². The summed E-state index contributed by atoms with van der Waals surface area (Å²) in [4.78, 5) is 29.7. The van der Waals surface area contributed by atoms with E-state index in [0.29, 0.717) is 24.2 Å². The maximum absolute atomic E-state index is 12.7. The van der Waals surface area contributed by atoms with E-state index in [0.717, 1.165) is 18.5 Å².